The molecule has 1 aromatic heterocycles. The van der Waals surface area contributed by atoms with Gasteiger partial charge in [0.1, 0.15) is 0 Å². The van der Waals surface area contributed by atoms with Gasteiger partial charge >= 0.3 is 5.97 Å². The van der Waals surface area contributed by atoms with Crippen LogP contribution in [0.5, 0.6) is 0 Å². The molecule has 3 heteroatoms. The van der Waals surface area contributed by atoms with Gasteiger partial charge in [0.05, 0.1) is 17.9 Å². The summed E-state index contributed by atoms with van der Waals surface area (Å²) in [5.41, 5.74) is 5.27. The number of carbonyl (C=O) groups is 1. The maximum absolute atomic E-state index is 12.2. The van der Waals surface area contributed by atoms with Gasteiger partial charge in [-0.05, 0) is 38.8 Å². The number of fused-ring (bicyclic) bond motifs is 3. The lowest BCUT2D eigenvalue weighted by molar-refractivity contribution is 0.0527. The number of aromatic nitrogens is 1. The number of rotatable bonds is 2. The SMILES string of the molecule is CCOC(=O)c1cc(C)n2c1-c1ccccc1CC2C. The molecule has 1 atom stereocenters. The number of aryl methyl sites for hydroxylation is 1. The molecule has 0 amide bonds. The van der Waals surface area contributed by atoms with Crippen molar-refractivity contribution in [3.63, 3.8) is 0 Å². The highest BCUT2D eigenvalue weighted by Gasteiger charge is 2.28. The first-order chi connectivity index (χ1) is 9.63. The monoisotopic (exact) mass is 269 g/mol. The van der Waals surface area contributed by atoms with E-state index in [1.54, 1.807) is 0 Å². The molecular weight excluding hydrogens is 250 g/mol. The van der Waals surface area contributed by atoms with Crippen molar-refractivity contribution in [3.05, 3.63) is 47.2 Å². The summed E-state index contributed by atoms with van der Waals surface area (Å²) in [6, 6.07) is 10.6. The summed E-state index contributed by atoms with van der Waals surface area (Å²) in [7, 11) is 0. The first kappa shape index (κ1) is 13.0. The van der Waals surface area contributed by atoms with E-state index in [1.807, 2.05) is 19.1 Å². The zero-order valence-electron chi connectivity index (χ0n) is 12.1. The van der Waals surface area contributed by atoms with Crippen LogP contribution in [0.4, 0.5) is 0 Å². The Bertz CT molecular complexity index is 670. The van der Waals surface area contributed by atoms with Crippen molar-refractivity contribution in [1.82, 2.24) is 4.57 Å². The lowest BCUT2D eigenvalue weighted by atomic mass is 9.93. The fourth-order valence-electron chi connectivity index (χ4n) is 3.20. The smallest absolute Gasteiger partial charge is 0.340 e. The zero-order valence-corrected chi connectivity index (χ0v) is 12.1. The number of carbonyl (C=O) groups excluding carboxylic acids is 1. The third kappa shape index (κ3) is 1.85. The van der Waals surface area contributed by atoms with Gasteiger partial charge in [0.15, 0.2) is 0 Å². The van der Waals surface area contributed by atoms with Crippen molar-refractivity contribution in [3.8, 4) is 11.3 Å². The predicted molar refractivity (Wildman–Crippen MR) is 79.0 cm³/mol. The van der Waals surface area contributed by atoms with Gasteiger partial charge in [-0.15, -0.1) is 0 Å². The minimum Gasteiger partial charge on any atom is -0.462 e. The fourth-order valence-corrected chi connectivity index (χ4v) is 3.20. The Morgan fingerprint density at radius 3 is 2.90 bits per heavy atom. The van der Waals surface area contributed by atoms with Crippen LogP contribution in [0.2, 0.25) is 0 Å². The molecule has 2 heterocycles. The average Bonchev–Trinajstić information content (AvgIpc) is 2.78. The van der Waals surface area contributed by atoms with E-state index in [9.17, 15) is 4.79 Å². The molecule has 0 N–H and O–H groups in total. The highest BCUT2D eigenvalue weighted by molar-refractivity contribution is 5.97. The second-order valence-electron chi connectivity index (χ2n) is 5.35. The summed E-state index contributed by atoms with van der Waals surface area (Å²) in [6.07, 6.45) is 1.00. The average molecular weight is 269 g/mol. The van der Waals surface area contributed by atoms with E-state index >= 15 is 0 Å². The van der Waals surface area contributed by atoms with Crippen LogP contribution in [0, 0.1) is 6.92 Å². The molecule has 0 bridgehead atoms. The highest BCUT2D eigenvalue weighted by atomic mass is 16.5. The number of benzene rings is 1. The summed E-state index contributed by atoms with van der Waals surface area (Å²) >= 11 is 0. The third-order valence-electron chi connectivity index (χ3n) is 3.95. The topological polar surface area (TPSA) is 31.2 Å². The van der Waals surface area contributed by atoms with Crippen LogP contribution in [-0.2, 0) is 11.2 Å². The van der Waals surface area contributed by atoms with E-state index in [1.165, 1.54) is 5.56 Å². The number of esters is 1. The Kier molecular flexibility index (Phi) is 3.13. The normalized spacial score (nSPS) is 16.4. The van der Waals surface area contributed by atoms with Crippen molar-refractivity contribution < 1.29 is 9.53 Å². The molecule has 2 aromatic rings. The van der Waals surface area contributed by atoms with Gasteiger partial charge < -0.3 is 9.30 Å². The van der Waals surface area contributed by atoms with E-state index in [0.29, 0.717) is 18.2 Å². The molecule has 1 aliphatic heterocycles. The van der Waals surface area contributed by atoms with Crippen LogP contribution in [0.15, 0.2) is 30.3 Å². The molecule has 0 radical (unpaired) electrons. The quantitative estimate of drug-likeness (QED) is 0.777. The van der Waals surface area contributed by atoms with E-state index in [4.69, 9.17) is 4.74 Å². The Labute approximate surface area is 119 Å². The first-order valence-corrected chi connectivity index (χ1v) is 7.10. The molecule has 104 valence electrons. The van der Waals surface area contributed by atoms with Gasteiger partial charge in [0, 0.05) is 17.3 Å². The summed E-state index contributed by atoms with van der Waals surface area (Å²) in [5.74, 6) is -0.228. The van der Waals surface area contributed by atoms with E-state index in [2.05, 4.69) is 36.6 Å². The molecule has 0 saturated heterocycles. The van der Waals surface area contributed by atoms with Crippen molar-refractivity contribution in [2.45, 2.75) is 33.2 Å². The highest BCUT2D eigenvalue weighted by Crippen LogP contribution is 2.39. The fraction of sp³-hybridized carbons (Fsp3) is 0.353. The summed E-state index contributed by atoms with van der Waals surface area (Å²) in [4.78, 5) is 12.2. The third-order valence-corrected chi connectivity index (χ3v) is 3.95. The largest absolute Gasteiger partial charge is 0.462 e. The minimum absolute atomic E-state index is 0.228. The molecule has 0 aliphatic carbocycles. The maximum Gasteiger partial charge on any atom is 0.340 e. The predicted octanol–water partition coefficient (Wildman–Crippen LogP) is 3.76. The lowest BCUT2D eigenvalue weighted by Gasteiger charge is -2.27. The zero-order chi connectivity index (χ0) is 14.3. The molecule has 0 saturated carbocycles. The van der Waals surface area contributed by atoms with Gasteiger partial charge in [-0.1, -0.05) is 24.3 Å². The van der Waals surface area contributed by atoms with Crippen molar-refractivity contribution in [1.29, 1.82) is 0 Å². The number of hydrogen-bond acceptors (Lipinski definition) is 2. The molecule has 1 unspecified atom stereocenters. The van der Waals surface area contributed by atoms with Crippen molar-refractivity contribution in [2.24, 2.45) is 0 Å². The van der Waals surface area contributed by atoms with Crippen LogP contribution in [-0.4, -0.2) is 17.1 Å². The lowest BCUT2D eigenvalue weighted by Crippen LogP contribution is -2.18. The summed E-state index contributed by atoms with van der Waals surface area (Å²) < 4.78 is 7.46. The molecule has 1 aliphatic rings. The molecule has 3 nitrogen and oxygen atoms in total. The first-order valence-electron chi connectivity index (χ1n) is 7.10. The van der Waals surface area contributed by atoms with Crippen molar-refractivity contribution >= 4 is 5.97 Å². The van der Waals surface area contributed by atoms with Crippen LogP contribution >= 0.6 is 0 Å². The van der Waals surface area contributed by atoms with Gasteiger partial charge in [0.2, 0.25) is 0 Å². The van der Waals surface area contributed by atoms with E-state index < -0.39 is 0 Å². The number of ether oxygens (including phenoxy) is 1. The van der Waals surface area contributed by atoms with Gasteiger partial charge in [-0.2, -0.15) is 0 Å². The minimum atomic E-state index is -0.228. The van der Waals surface area contributed by atoms with E-state index in [-0.39, 0.29) is 5.97 Å². The van der Waals surface area contributed by atoms with Crippen molar-refractivity contribution in [2.75, 3.05) is 6.61 Å². The molecular formula is C17H19NO2. The molecule has 0 fully saturated rings. The van der Waals surface area contributed by atoms with Gasteiger partial charge in [-0.3, -0.25) is 0 Å². The number of hydrogen-bond donors (Lipinski definition) is 0. The van der Waals surface area contributed by atoms with Crippen LogP contribution in [0.1, 0.15) is 41.5 Å². The molecule has 3 rings (SSSR count). The molecule has 20 heavy (non-hydrogen) atoms. The Morgan fingerprint density at radius 1 is 1.40 bits per heavy atom. The van der Waals surface area contributed by atoms with Gasteiger partial charge in [-0.25, -0.2) is 4.79 Å². The second kappa shape index (κ2) is 4.82. The summed E-state index contributed by atoms with van der Waals surface area (Å²) in [6.45, 7) is 6.49. The Balaban J connectivity index is 2.24. The summed E-state index contributed by atoms with van der Waals surface area (Å²) in [5, 5.41) is 0. The maximum atomic E-state index is 12.2. The number of nitrogens with zero attached hydrogens (tertiary/aromatic N) is 1. The van der Waals surface area contributed by atoms with Crippen LogP contribution in [0.25, 0.3) is 11.3 Å². The van der Waals surface area contributed by atoms with Crippen LogP contribution < -0.4 is 0 Å². The van der Waals surface area contributed by atoms with Gasteiger partial charge in [0.25, 0.3) is 0 Å². The van der Waals surface area contributed by atoms with E-state index in [0.717, 1.165) is 23.4 Å². The Morgan fingerprint density at radius 2 is 2.15 bits per heavy atom. The second-order valence-corrected chi connectivity index (χ2v) is 5.35. The standard InChI is InChI=1S/C17H19NO2/c1-4-20-17(19)15-10-12(3)18-11(2)9-13-7-5-6-8-14(13)16(15)18/h5-8,10-11H,4,9H2,1-3H3. The Hall–Kier alpha value is -2.03. The molecule has 0 spiro atoms. The molecule has 1 aromatic carbocycles. The van der Waals surface area contributed by atoms with Crippen LogP contribution in [0.3, 0.4) is 0 Å².